The first-order valence-electron chi connectivity index (χ1n) is 6.48. The second kappa shape index (κ2) is 6.59. The van der Waals surface area contributed by atoms with Crippen molar-refractivity contribution in [1.82, 2.24) is 0 Å². The molecule has 0 unspecified atom stereocenters. The van der Waals surface area contributed by atoms with Crippen LogP contribution in [0.5, 0.6) is 5.75 Å². The maximum atomic E-state index is 12.3. The molecule has 2 rings (SSSR count). The van der Waals surface area contributed by atoms with Gasteiger partial charge in [-0.1, -0.05) is 12.1 Å². The number of anilines is 1. The fourth-order valence-corrected chi connectivity index (χ4v) is 3.01. The Labute approximate surface area is 137 Å². The van der Waals surface area contributed by atoms with Crippen molar-refractivity contribution in [2.45, 2.75) is 4.90 Å². The van der Waals surface area contributed by atoms with Crippen LogP contribution in [0.3, 0.4) is 0 Å². The number of hydrogen-bond acceptors (Lipinski definition) is 7. The standard InChI is InChI=1S/C15H13NO7S/c1-23-13-6-5-11(8-12(13)15(19)20)24(21,22)16-10-4-2-3-9(7-10)14(17)18/h2-8,16H,1H3,(H,17,18)(H,19,20)/p-2. The zero-order valence-electron chi connectivity index (χ0n) is 12.3. The van der Waals surface area contributed by atoms with Gasteiger partial charge in [0.25, 0.3) is 10.0 Å². The molecule has 2 aromatic carbocycles. The van der Waals surface area contributed by atoms with Gasteiger partial charge in [-0.05, 0) is 35.9 Å². The first-order chi connectivity index (χ1) is 11.2. The normalized spacial score (nSPS) is 10.9. The summed E-state index contributed by atoms with van der Waals surface area (Å²) in [6, 6.07) is 8.22. The van der Waals surface area contributed by atoms with Crippen LogP contribution in [0.2, 0.25) is 0 Å². The van der Waals surface area contributed by atoms with Crippen molar-refractivity contribution in [3.8, 4) is 5.75 Å². The van der Waals surface area contributed by atoms with Gasteiger partial charge < -0.3 is 24.5 Å². The van der Waals surface area contributed by atoms with E-state index < -0.39 is 27.5 Å². The molecule has 9 heteroatoms. The van der Waals surface area contributed by atoms with Gasteiger partial charge in [0.1, 0.15) is 5.75 Å². The highest BCUT2D eigenvalue weighted by atomic mass is 32.2. The number of sulfonamides is 1. The summed E-state index contributed by atoms with van der Waals surface area (Å²) in [5.41, 5.74) is -0.647. The highest BCUT2D eigenvalue weighted by molar-refractivity contribution is 7.92. The summed E-state index contributed by atoms with van der Waals surface area (Å²) in [6.07, 6.45) is 0. The van der Waals surface area contributed by atoms with Crippen LogP contribution in [0.25, 0.3) is 0 Å². The first kappa shape index (κ1) is 17.3. The number of hydrogen-bond donors (Lipinski definition) is 1. The van der Waals surface area contributed by atoms with Gasteiger partial charge in [0, 0.05) is 11.3 Å². The molecule has 0 amide bonds. The van der Waals surface area contributed by atoms with Crippen LogP contribution in [0, 0.1) is 0 Å². The van der Waals surface area contributed by atoms with Gasteiger partial charge in [-0.3, -0.25) is 4.72 Å². The summed E-state index contributed by atoms with van der Waals surface area (Å²) in [4.78, 5) is 21.5. The largest absolute Gasteiger partial charge is 0.545 e. The average Bonchev–Trinajstić information content (AvgIpc) is 2.53. The van der Waals surface area contributed by atoms with Crippen LogP contribution in [-0.4, -0.2) is 27.5 Å². The zero-order chi connectivity index (χ0) is 17.9. The third-order valence-corrected chi connectivity index (χ3v) is 4.43. The molecule has 0 aliphatic heterocycles. The number of carboxylic acids is 2. The molecule has 0 aliphatic rings. The Bertz CT molecular complexity index is 906. The van der Waals surface area contributed by atoms with E-state index in [9.17, 15) is 28.2 Å². The monoisotopic (exact) mass is 349 g/mol. The molecule has 24 heavy (non-hydrogen) atoms. The minimum absolute atomic E-state index is 0.0116. The Morgan fingerprint density at radius 3 is 2.33 bits per heavy atom. The number of methoxy groups -OCH3 is 1. The van der Waals surface area contributed by atoms with E-state index in [0.29, 0.717) is 0 Å². The van der Waals surface area contributed by atoms with Gasteiger partial charge in [0.2, 0.25) is 0 Å². The van der Waals surface area contributed by atoms with Crippen molar-refractivity contribution in [1.29, 1.82) is 0 Å². The molecule has 0 saturated heterocycles. The molecule has 0 fully saturated rings. The van der Waals surface area contributed by atoms with E-state index >= 15 is 0 Å². The third kappa shape index (κ3) is 3.63. The lowest BCUT2D eigenvalue weighted by Gasteiger charge is -2.13. The van der Waals surface area contributed by atoms with E-state index in [4.69, 9.17) is 4.74 Å². The third-order valence-electron chi connectivity index (χ3n) is 3.05. The number of carboxylic acid groups (broad SMARTS) is 2. The summed E-state index contributed by atoms with van der Waals surface area (Å²) < 4.78 is 31.6. The highest BCUT2D eigenvalue weighted by Gasteiger charge is 2.17. The van der Waals surface area contributed by atoms with Crippen LogP contribution in [0.4, 0.5) is 5.69 Å². The maximum absolute atomic E-state index is 12.3. The minimum Gasteiger partial charge on any atom is -0.545 e. The predicted octanol–water partition coefficient (Wildman–Crippen LogP) is -0.777. The molecule has 0 aliphatic carbocycles. The Morgan fingerprint density at radius 1 is 1.04 bits per heavy atom. The fraction of sp³-hybridized carbons (Fsp3) is 0.0667. The van der Waals surface area contributed by atoms with Gasteiger partial charge in [-0.15, -0.1) is 0 Å². The minimum atomic E-state index is -4.15. The Hall–Kier alpha value is -3.07. The van der Waals surface area contributed by atoms with E-state index in [0.717, 1.165) is 18.2 Å². The van der Waals surface area contributed by atoms with Gasteiger partial charge in [-0.25, -0.2) is 8.42 Å². The smallest absolute Gasteiger partial charge is 0.261 e. The van der Waals surface area contributed by atoms with Gasteiger partial charge in [0.15, 0.2) is 0 Å². The molecular formula is C15H11NO7S-2. The Kier molecular flexibility index (Phi) is 4.74. The fourth-order valence-electron chi connectivity index (χ4n) is 1.94. The summed E-state index contributed by atoms with van der Waals surface area (Å²) in [5, 5.41) is 21.9. The number of nitrogens with one attached hydrogen (secondary N) is 1. The zero-order valence-corrected chi connectivity index (χ0v) is 13.1. The van der Waals surface area contributed by atoms with E-state index in [-0.39, 0.29) is 21.9 Å². The van der Waals surface area contributed by atoms with E-state index in [1.165, 1.54) is 31.4 Å². The topological polar surface area (TPSA) is 136 Å². The second-order valence-corrected chi connectivity index (χ2v) is 6.31. The Balaban J connectivity index is 2.41. The molecule has 126 valence electrons. The van der Waals surface area contributed by atoms with Crippen molar-refractivity contribution in [2.75, 3.05) is 11.8 Å². The average molecular weight is 349 g/mol. The molecule has 2 aromatic rings. The molecule has 0 saturated carbocycles. The molecule has 1 N–H and O–H groups in total. The maximum Gasteiger partial charge on any atom is 0.261 e. The molecule has 0 radical (unpaired) electrons. The molecule has 0 heterocycles. The van der Waals surface area contributed by atoms with Crippen molar-refractivity contribution in [3.05, 3.63) is 53.6 Å². The van der Waals surface area contributed by atoms with Gasteiger partial charge in [0.05, 0.1) is 23.9 Å². The Morgan fingerprint density at radius 2 is 1.75 bits per heavy atom. The summed E-state index contributed by atoms with van der Waals surface area (Å²) in [7, 11) is -2.91. The van der Waals surface area contributed by atoms with Crippen molar-refractivity contribution in [3.63, 3.8) is 0 Å². The van der Waals surface area contributed by atoms with Gasteiger partial charge >= 0.3 is 0 Å². The summed E-state index contributed by atoms with van der Waals surface area (Å²) in [6.45, 7) is 0. The lowest BCUT2D eigenvalue weighted by atomic mass is 10.2. The van der Waals surface area contributed by atoms with Crippen LogP contribution >= 0.6 is 0 Å². The van der Waals surface area contributed by atoms with Gasteiger partial charge in [-0.2, -0.15) is 0 Å². The van der Waals surface area contributed by atoms with Crippen molar-refractivity contribution < 1.29 is 33.0 Å². The number of ether oxygens (including phenoxy) is 1. The van der Waals surface area contributed by atoms with E-state index in [1.807, 2.05) is 0 Å². The van der Waals surface area contributed by atoms with Crippen LogP contribution in [0.1, 0.15) is 20.7 Å². The first-order valence-corrected chi connectivity index (χ1v) is 7.96. The van der Waals surface area contributed by atoms with Crippen molar-refractivity contribution >= 4 is 27.6 Å². The SMILES string of the molecule is COc1ccc(S(=O)(=O)Nc2cccc(C(=O)[O-])c2)cc1C(=O)[O-]. The predicted molar refractivity (Wildman–Crippen MR) is 78.9 cm³/mol. The van der Waals surface area contributed by atoms with E-state index in [1.54, 1.807) is 0 Å². The molecule has 0 aromatic heterocycles. The second-order valence-electron chi connectivity index (χ2n) is 4.62. The van der Waals surface area contributed by atoms with Crippen LogP contribution in [-0.2, 0) is 10.0 Å². The lowest BCUT2D eigenvalue weighted by Crippen LogP contribution is -2.24. The molecule has 0 atom stereocenters. The summed E-state index contributed by atoms with van der Waals surface area (Å²) >= 11 is 0. The summed E-state index contributed by atoms with van der Waals surface area (Å²) in [5.74, 6) is -3.10. The number of benzene rings is 2. The molecule has 0 bridgehead atoms. The molecule has 0 spiro atoms. The molecular weight excluding hydrogens is 338 g/mol. The quantitative estimate of drug-likeness (QED) is 0.722. The van der Waals surface area contributed by atoms with E-state index in [2.05, 4.69) is 4.72 Å². The van der Waals surface area contributed by atoms with Crippen LogP contribution in [0.15, 0.2) is 47.4 Å². The molecule has 8 nitrogen and oxygen atoms in total. The lowest BCUT2D eigenvalue weighted by molar-refractivity contribution is -0.256. The number of aromatic carboxylic acids is 2. The van der Waals surface area contributed by atoms with Crippen molar-refractivity contribution in [2.24, 2.45) is 0 Å². The highest BCUT2D eigenvalue weighted by Crippen LogP contribution is 2.24. The number of carbonyl (C=O) groups excluding carboxylic acids is 2. The number of rotatable bonds is 6. The number of carbonyl (C=O) groups is 2. The van der Waals surface area contributed by atoms with Crippen LogP contribution < -0.4 is 19.7 Å².